The van der Waals surface area contributed by atoms with Gasteiger partial charge in [-0.25, -0.2) is 4.98 Å². The zero-order valence-corrected chi connectivity index (χ0v) is 22.0. The van der Waals surface area contributed by atoms with Crippen molar-refractivity contribution in [3.05, 3.63) is 36.0 Å². The van der Waals surface area contributed by atoms with Gasteiger partial charge in [-0.05, 0) is 63.8 Å². The van der Waals surface area contributed by atoms with Gasteiger partial charge in [0.1, 0.15) is 5.82 Å². The summed E-state index contributed by atoms with van der Waals surface area (Å²) < 4.78 is 9.50. The molecule has 5 rings (SSSR count). The minimum absolute atomic E-state index is 0.0629. The first-order valence-electron chi connectivity index (χ1n) is 13.1. The van der Waals surface area contributed by atoms with Crippen LogP contribution in [-0.4, -0.2) is 79.2 Å². The van der Waals surface area contributed by atoms with Crippen LogP contribution >= 0.6 is 0 Å². The summed E-state index contributed by atoms with van der Waals surface area (Å²) in [6.45, 7) is 9.42. The van der Waals surface area contributed by atoms with Gasteiger partial charge in [0.15, 0.2) is 0 Å². The monoisotopic (exact) mass is 511 g/mol. The number of rotatable bonds is 9. The SMILES string of the molecule is CC(C)N1CCN(c2ccc(Nc3ncc(CC4CCNC4=O)c(N(C=O)C4CC4)n3)cc2)CC1.CF. The van der Waals surface area contributed by atoms with Crippen molar-refractivity contribution in [1.82, 2.24) is 20.2 Å². The molecule has 1 atom stereocenters. The summed E-state index contributed by atoms with van der Waals surface area (Å²) in [5.41, 5.74) is 2.95. The second kappa shape index (κ2) is 12.3. The highest BCUT2D eigenvalue weighted by Crippen LogP contribution is 2.33. The first-order valence-corrected chi connectivity index (χ1v) is 13.1. The van der Waals surface area contributed by atoms with E-state index >= 15 is 0 Å². The Kier molecular flexibility index (Phi) is 8.91. The average molecular weight is 512 g/mol. The van der Waals surface area contributed by atoms with E-state index in [0.717, 1.165) is 63.1 Å². The molecule has 10 heteroatoms. The van der Waals surface area contributed by atoms with Gasteiger partial charge in [-0.2, -0.15) is 4.98 Å². The predicted molar refractivity (Wildman–Crippen MR) is 144 cm³/mol. The highest BCUT2D eigenvalue weighted by molar-refractivity contribution is 5.82. The lowest BCUT2D eigenvalue weighted by molar-refractivity contribution is -0.122. The van der Waals surface area contributed by atoms with E-state index in [2.05, 4.69) is 51.4 Å². The number of anilines is 4. The van der Waals surface area contributed by atoms with Gasteiger partial charge in [0, 0.05) is 73.9 Å². The third-order valence-electron chi connectivity index (χ3n) is 7.30. The van der Waals surface area contributed by atoms with Crippen LogP contribution in [0.4, 0.5) is 27.5 Å². The molecule has 3 fully saturated rings. The van der Waals surface area contributed by atoms with E-state index in [1.165, 1.54) is 5.69 Å². The first-order chi connectivity index (χ1) is 18.0. The zero-order chi connectivity index (χ0) is 26.4. The Morgan fingerprint density at radius 3 is 2.41 bits per heavy atom. The molecule has 2 saturated heterocycles. The van der Waals surface area contributed by atoms with Crippen molar-refractivity contribution in [2.45, 2.75) is 51.6 Å². The van der Waals surface area contributed by atoms with Crippen LogP contribution in [0.25, 0.3) is 0 Å². The fourth-order valence-corrected chi connectivity index (χ4v) is 4.97. The number of carbonyl (C=O) groups is 2. The second-order valence-electron chi connectivity index (χ2n) is 10.1. The number of piperazine rings is 1. The number of alkyl halides is 1. The van der Waals surface area contributed by atoms with Crippen molar-refractivity contribution in [2.75, 3.05) is 55.0 Å². The standard InChI is InChI=1S/C26H35N7O2.CH3F/c1-18(2)31-11-13-32(14-12-31)22-5-3-21(4-6-22)29-26-28-16-20(15-19-9-10-27-25(19)35)24(30-26)33(17-34)23-7-8-23;1-2/h3-6,16-19,23H,7-15H2,1-2H3,(H,27,35)(H,28,29,30);1H3. The number of aromatic nitrogens is 2. The lowest BCUT2D eigenvalue weighted by Crippen LogP contribution is -2.48. The Labute approximate surface area is 218 Å². The molecule has 2 aliphatic heterocycles. The van der Waals surface area contributed by atoms with Crippen molar-refractivity contribution in [2.24, 2.45) is 5.92 Å². The quantitative estimate of drug-likeness (QED) is 0.500. The van der Waals surface area contributed by atoms with E-state index in [9.17, 15) is 14.0 Å². The Hall–Kier alpha value is -3.27. The summed E-state index contributed by atoms with van der Waals surface area (Å²) in [4.78, 5) is 39.9. The lowest BCUT2D eigenvalue weighted by Gasteiger charge is -2.38. The molecule has 37 heavy (non-hydrogen) atoms. The number of nitrogens with zero attached hydrogens (tertiary/aromatic N) is 5. The van der Waals surface area contributed by atoms with Gasteiger partial charge < -0.3 is 15.5 Å². The highest BCUT2D eigenvalue weighted by atomic mass is 19.1. The van der Waals surface area contributed by atoms with Crippen molar-refractivity contribution in [3.63, 3.8) is 0 Å². The fourth-order valence-electron chi connectivity index (χ4n) is 4.97. The highest BCUT2D eigenvalue weighted by Gasteiger charge is 2.33. The molecule has 2 aromatic rings. The van der Waals surface area contributed by atoms with Gasteiger partial charge in [0.25, 0.3) is 0 Å². The van der Waals surface area contributed by atoms with E-state index in [0.29, 0.717) is 38.0 Å². The number of hydrogen-bond acceptors (Lipinski definition) is 7. The molecule has 1 aliphatic carbocycles. The molecule has 3 aliphatic rings. The molecular formula is C27H38FN7O2. The molecule has 0 bridgehead atoms. The first kappa shape index (κ1) is 26.8. The van der Waals surface area contributed by atoms with Gasteiger partial charge in [-0.15, -0.1) is 0 Å². The van der Waals surface area contributed by atoms with Crippen molar-refractivity contribution < 1.29 is 14.0 Å². The smallest absolute Gasteiger partial charge is 0.229 e. The molecule has 3 heterocycles. The number of halogens is 1. The van der Waals surface area contributed by atoms with Crippen LogP contribution in [0.3, 0.4) is 0 Å². The number of amides is 2. The maximum atomic E-state index is 12.1. The zero-order valence-electron chi connectivity index (χ0n) is 22.0. The summed E-state index contributed by atoms with van der Waals surface area (Å²) >= 11 is 0. The minimum atomic E-state index is -0.0983. The molecule has 2 N–H and O–H groups in total. The molecule has 1 saturated carbocycles. The van der Waals surface area contributed by atoms with Crippen molar-refractivity contribution in [1.29, 1.82) is 0 Å². The van der Waals surface area contributed by atoms with E-state index in [1.54, 1.807) is 11.1 Å². The summed E-state index contributed by atoms with van der Waals surface area (Å²) in [6, 6.07) is 9.12. The van der Waals surface area contributed by atoms with Gasteiger partial charge in [0.05, 0.1) is 7.18 Å². The maximum absolute atomic E-state index is 12.1. The molecule has 0 spiro atoms. The topological polar surface area (TPSA) is 93.7 Å². The minimum Gasteiger partial charge on any atom is -0.369 e. The van der Waals surface area contributed by atoms with Gasteiger partial charge >= 0.3 is 0 Å². The van der Waals surface area contributed by atoms with Gasteiger partial charge in [-0.1, -0.05) is 0 Å². The van der Waals surface area contributed by atoms with Crippen molar-refractivity contribution >= 4 is 35.5 Å². The second-order valence-corrected chi connectivity index (χ2v) is 10.1. The van der Waals surface area contributed by atoms with Crippen LogP contribution in [0, 0.1) is 5.92 Å². The molecule has 0 radical (unpaired) electrons. The Morgan fingerprint density at radius 2 is 1.84 bits per heavy atom. The third kappa shape index (κ3) is 6.54. The van der Waals surface area contributed by atoms with Gasteiger partial charge in [-0.3, -0.25) is 23.8 Å². The average Bonchev–Trinajstić information content (AvgIpc) is 3.69. The van der Waals surface area contributed by atoms with Crippen LogP contribution in [-0.2, 0) is 16.0 Å². The number of benzene rings is 1. The normalized spacial score (nSPS) is 19.8. The Balaban J connectivity index is 0.00000156. The van der Waals surface area contributed by atoms with E-state index < -0.39 is 0 Å². The summed E-state index contributed by atoms with van der Waals surface area (Å²) in [6.07, 6.45) is 5.90. The van der Waals surface area contributed by atoms with Crippen LogP contribution in [0.1, 0.15) is 38.7 Å². The van der Waals surface area contributed by atoms with Crippen LogP contribution in [0.15, 0.2) is 30.5 Å². The number of carbonyl (C=O) groups excluding carboxylic acids is 2. The maximum Gasteiger partial charge on any atom is 0.229 e. The lowest BCUT2D eigenvalue weighted by atomic mass is 9.99. The molecule has 2 amide bonds. The van der Waals surface area contributed by atoms with Crippen LogP contribution in [0.5, 0.6) is 0 Å². The molecule has 1 aromatic heterocycles. The molecule has 9 nitrogen and oxygen atoms in total. The Bertz CT molecular complexity index is 1050. The molecule has 1 unspecified atom stereocenters. The third-order valence-corrected chi connectivity index (χ3v) is 7.30. The van der Waals surface area contributed by atoms with Gasteiger partial charge in [0.2, 0.25) is 18.3 Å². The summed E-state index contributed by atoms with van der Waals surface area (Å²) in [5.74, 6) is 1.02. The number of nitrogens with one attached hydrogen (secondary N) is 2. The summed E-state index contributed by atoms with van der Waals surface area (Å²) in [5, 5.41) is 6.18. The van der Waals surface area contributed by atoms with E-state index in [4.69, 9.17) is 4.98 Å². The summed E-state index contributed by atoms with van der Waals surface area (Å²) in [7, 11) is 0.500. The number of hydrogen-bond donors (Lipinski definition) is 2. The van der Waals surface area contributed by atoms with E-state index in [-0.39, 0.29) is 17.9 Å². The molecular weight excluding hydrogens is 473 g/mol. The Morgan fingerprint density at radius 1 is 1.14 bits per heavy atom. The largest absolute Gasteiger partial charge is 0.369 e. The molecule has 200 valence electrons. The molecule has 1 aromatic carbocycles. The van der Waals surface area contributed by atoms with Crippen LogP contribution < -0.4 is 20.4 Å². The van der Waals surface area contributed by atoms with E-state index in [1.807, 2.05) is 12.1 Å². The fraction of sp³-hybridized carbons (Fsp3) is 0.556. The predicted octanol–water partition coefficient (Wildman–Crippen LogP) is 3.14. The van der Waals surface area contributed by atoms with Crippen LogP contribution in [0.2, 0.25) is 0 Å². The van der Waals surface area contributed by atoms with Crippen molar-refractivity contribution in [3.8, 4) is 0 Å².